The second-order valence-corrected chi connectivity index (χ2v) is 6.11. The van der Waals surface area contributed by atoms with Gasteiger partial charge in [0.2, 0.25) is 10.0 Å². The van der Waals surface area contributed by atoms with Crippen LogP contribution in [0, 0.1) is 10.1 Å². The highest BCUT2D eigenvalue weighted by atomic mass is 32.2. The van der Waals surface area contributed by atoms with Crippen molar-refractivity contribution in [1.29, 1.82) is 0 Å². The maximum absolute atomic E-state index is 12.3. The molecule has 0 aliphatic rings. The molecule has 0 heterocycles. The number of sulfonamides is 1. The van der Waals surface area contributed by atoms with Crippen LogP contribution in [-0.2, 0) is 25.3 Å². The molecule has 0 atom stereocenters. The Morgan fingerprint density at radius 1 is 1.38 bits per heavy atom. The average Bonchev–Trinajstić information content (AvgIpc) is 2.44. The number of hydrogen-bond acceptors (Lipinski definition) is 6. The zero-order valence-electron chi connectivity index (χ0n) is 11.7. The van der Waals surface area contributed by atoms with Crippen LogP contribution in [0.15, 0.2) is 24.3 Å². The molecule has 0 amide bonds. The summed E-state index contributed by atoms with van der Waals surface area (Å²) in [5.74, 6) is -1.24. The van der Waals surface area contributed by atoms with Crippen LogP contribution in [0.25, 0.3) is 0 Å². The van der Waals surface area contributed by atoms with Gasteiger partial charge in [-0.1, -0.05) is 25.1 Å². The van der Waals surface area contributed by atoms with Crippen molar-refractivity contribution in [2.75, 3.05) is 20.2 Å². The van der Waals surface area contributed by atoms with Gasteiger partial charge in [0.05, 0.1) is 17.8 Å². The number of carbonyl (C=O) groups excluding carboxylic acids is 1. The summed E-state index contributed by atoms with van der Waals surface area (Å²) in [6.45, 7) is 1.22. The lowest BCUT2D eigenvalue weighted by Gasteiger charge is -2.19. The molecule has 0 aliphatic carbocycles. The van der Waals surface area contributed by atoms with E-state index in [2.05, 4.69) is 4.74 Å². The van der Waals surface area contributed by atoms with Gasteiger partial charge in [-0.3, -0.25) is 14.9 Å². The van der Waals surface area contributed by atoms with Crippen molar-refractivity contribution in [3.05, 3.63) is 39.9 Å². The third kappa shape index (κ3) is 4.50. The van der Waals surface area contributed by atoms with Crippen LogP contribution in [0.5, 0.6) is 0 Å². The predicted octanol–water partition coefficient (Wildman–Crippen LogP) is 0.920. The Bertz CT molecular complexity index is 628. The summed E-state index contributed by atoms with van der Waals surface area (Å²) in [6, 6.07) is 5.60. The minimum atomic E-state index is -3.86. The van der Waals surface area contributed by atoms with E-state index >= 15 is 0 Å². The lowest BCUT2D eigenvalue weighted by molar-refractivity contribution is -0.385. The van der Waals surface area contributed by atoms with E-state index in [1.807, 2.05) is 0 Å². The number of rotatable bonds is 7. The highest BCUT2D eigenvalue weighted by Crippen LogP contribution is 2.21. The van der Waals surface area contributed by atoms with E-state index in [9.17, 15) is 23.3 Å². The molecule has 9 heteroatoms. The van der Waals surface area contributed by atoms with Gasteiger partial charge in [-0.05, 0) is 0 Å². The van der Waals surface area contributed by atoms with Gasteiger partial charge in [0.25, 0.3) is 5.69 Å². The molecule has 0 radical (unpaired) electrons. The summed E-state index contributed by atoms with van der Waals surface area (Å²) in [6.07, 6.45) is 0. The first kappa shape index (κ1) is 17.1. The molecule has 0 unspecified atom stereocenters. The van der Waals surface area contributed by atoms with Gasteiger partial charge in [-0.25, -0.2) is 8.42 Å². The molecule has 0 saturated heterocycles. The fourth-order valence-electron chi connectivity index (χ4n) is 1.71. The van der Waals surface area contributed by atoms with Crippen LogP contribution in [-0.4, -0.2) is 43.8 Å². The van der Waals surface area contributed by atoms with Gasteiger partial charge in [0, 0.05) is 18.2 Å². The molecule has 0 fully saturated rings. The minimum Gasteiger partial charge on any atom is -0.468 e. The minimum absolute atomic E-state index is 0.0675. The summed E-state index contributed by atoms with van der Waals surface area (Å²) in [4.78, 5) is 21.5. The first-order valence-corrected chi connectivity index (χ1v) is 7.69. The standard InChI is InChI=1S/C12H16N2O6S/c1-3-13(8-12(15)20-2)21(18,19)9-10-6-4-5-7-11(10)14(16)17/h4-7H,3,8-9H2,1-2H3. The zero-order valence-corrected chi connectivity index (χ0v) is 12.5. The van der Waals surface area contributed by atoms with E-state index in [0.29, 0.717) is 0 Å². The van der Waals surface area contributed by atoms with Crippen LogP contribution in [0.4, 0.5) is 5.69 Å². The van der Waals surface area contributed by atoms with Gasteiger partial charge in [-0.2, -0.15) is 4.31 Å². The molecule has 1 aromatic rings. The number of benzene rings is 1. The average molecular weight is 316 g/mol. The number of carbonyl (C=O) groups is 1. The second-order valence-electron chi connectivity index (χ2n) is 4.14. The molecule has 0 N–H and O–H groups in total. The first-order chi connectivity index (χ1) is 9.81. The molecular weight excluding hydrogens is 300 g/mol. The lowest BCUT2D eigenvalue weighted by atomic mass is 10.2. The molecule has 0 bridgehead atoms. The Balaban J connectivity index is 3.04. The monoisotopic (exact) mass is 316 g/mol. The summed E-state index contributed by atoms with van der Waals surface area (Å²) in [5, 5.41) is 10.9. The Morgan fingerprint density at radius 2 is 2.00 bits per heavy atom. The summed E-state index contributed by atoms with van der Waals surface area (Å²) in [7, 11) is -2.70. The summed E-state index contributed by atoms with van der Waals surface area (Å²) < 4.78 is 29.9. The molecule has 0 saturated carbocycles. The van der Waals surface area contributed by atoms with Gasteiger partial charge < -0.3 is 4.74 Å². The van der Waals surface area contributed by atoms with Gasteiger partial charge >= 0.3 is 5.97 Å². The van der Waals surface area contributed by atoms with Crippen molar-refractivity contribution in [2.24, 2.45) is 0 Å². The highest BCUT2D eigenvalue weighted by Gasteiger charge is 2.26. The van der Waals surface area contributed by atoms with Crippen molar-refractivity contribution < 1.29 is 22.9 Å². The fourth-order valence-corrected chi connectivity index (χ4v) is 3.23. The van der Waals surface area contributed by atoms with Crippen LogP contribution in [0.1, 0.15) is 12.5 Å². The van der Waals surface area contributed by atoms with Gasteiger partial charge in [0.15, 0.2) is 0 Å². The maximum Gasteiger partial charge on any atom is 0.321 e. The lowest BCUT2D eigenvalue weighted by Crippen LogP contribution is -2.36. The number of methoxy groups -OCH3 is 1. The fraction of sp³-hybridized carbons (Fsp3) is 0.417. The quantitative estimate of drug-likeness (QED) is 0.420. The molecule has 1 rings (SSSR count). The van der Waals surface area contributed by atoms with Gasteiger partial charge in [-0.15, -0.1) is 0 Å². The Hall–Kier alpha value is -2.00. The molecule has 1 aromatic carbocycles. The molecular formula is C12H16N2O6S. The first-order valence-electron chi connectivity index (χ1n) is 6.08. The number of hydrogen-bond donors (Lipinski definition) is 0. The van der Waals surface area contributed by atoms with E-state index < -0.39 is 33.2 Å². The smallest absolute Gasteiger partial charge is 0.321 e. The molecule has 0 aliphatic heterocycles. The van der Waals surface area contributed by atoms with E-state index in [4.69, 9.17) is 0 Å². The number of para-hydroxylation sites is 1. The number of nitrogens with zero attached hydrogens (tertiary/aromatic N) is 2. The number of likely N-dealkylation sites (N-methyl/N-ethyl adjacent to an activating group) is 1. The van der Waals surface area contributed by atoms with E-state index in [-0.39, 0.29) is 17.8 Å². The van der Waals surface area contributed by atoms with Crippen molar-refractivity contribution in [1.82, 2.24) is 4.31 Å². The number of esters is 1. The second kappa shape index (κ2) is 7.14. The normalized spacial score (nSPS) is 11.4. The Kier molecular flexibility index (Phi) is 5.79. The summed E-state index contributed by atoms with van der Waals surface area (Å²) >= 11 is 0. The Labute approximate surface area is 122 Å². The number of nitro groups is 1. The van der Waals surface area contributed by atoms with E-state index in [1.54, 1.807) is 6.92 Å². The summed E-state index contributed by atoms with van der Waals surface area (Å²) in [5.41, 5.74) is -0.194. The Morgan fingerprint density at radius 3 is 2.52 bits per heavy atom. The van der Waals surface area contributed by atoms with E-state index in [1.165, 1.54) is 24.3 Å². The van der Waals surface area contributed by atoms with Gasteiger partial charge in [0.1, 0.15) is 6.54 Å². The molecule has 0 aromatic heterocycles. The molecule has 21 heavy (non-hydrogen) atoms. The predicted molar refractivity (Wildman–Crippen MR) is 75.0 cm³/mol. The van der Waals surface area contributed by atoms with E-state index in [0.717, 1.165) is 11.4 Å². The van der Waals surface area contributed by atoms with Crippen molar-refractivity contribution in [3.8, 4) is 0 Å². The third-order valence-electron chi connectivity index (χ3n) is 2.81. The number of ether oxygens (including phenoxy) is 1. The zero-order chi connectivity index (χ0) is 16.0. The van der Waals surface area contributed by atoms with Crippen molar-refractivity contribution >= 4 is 21.7 Å². The topological polar surface area (TPSA) is 107 Å². The molecule has 8 nitrogen and oxygen atoms in total. The van der Waals surface area contributed by atoms with Crippen molar-refractivity contribution in [3.63, 3.8) is 0 Å². The maximum atomic E-state index is 12.3. The SMILES string of the molecule is CCN(CC(=O)OC)S(=O)(=O)Cc1ccccc1[N+](=O)[O-]. The molecule has 116 valence electrons. The van der Waals surface area contributed by atoms with Crippen LogP contribution >= 0.6 is 0 Å². The van der Waals surface area contributed by atoms with Crippen LogP contribution < -0.4 is 0 Å². The third-order valence-corrected chi connectivity index (χ3v) is 4.66. The van der Waals surface area contributed by atoms with Crippen LogP contribution in [0.2, 0.25) is 0 Å². The van der Waals surface area contributed by atoms with Crippen molar-refractivity contribution in [2.45, 2.75) is 12.7 Å². The molecule has 0 spiro atoms. The number of nitro benzene ring substituents is 1. The van der Waals surface area contributed by atoms with Crippen LogP contribution in [0.3, 0.4) is 0 Å². The largest absolute Gasteiger partial charge is 0.468 e. The highest BCUT2D eigenvalue weighted by molar-refractivity contribution is 7.88.